The largest absolute Gasteiger partial charge is 0.348 e. The van der Waals surface area contributed by atoms with E-state index in [9.17, 15) is 4.79 Å². The first-order valence-electron chi connectivity index (χ1n) is 3.96. The molecule has 0 aromatic carbocycles. The Morgan fingerprint density at radius 1 is 1.67 bits per heavy atom. The molecular formula is C10H13NO. The number of carbonyl (C=O) groups is 1. The van der Waals surface area contributed by atoms with Gasteiger partial charge in [0.1, 0.15) is 0 Å². The molecule has 1 saturated heterocycles. The molecule has 0 saturated carbocycles. The summed E-state index contributed by atoms with van der Waals surface area (Å²) >= 11 is 0. The second-order valence-electron chi connectivity index (χ2n) is 2.88. The Morgan fingerprint density at radius 3 is 2.75 bits per heavy atom. The van der Waals surface area contributed by atoms with Crippen molar-refractivity contribution in [3.8, 4) is 0 Å². The first-order valence-corrected chi connectivity index (χ1v) is 3.96. The first kappa shape index (κ1) is 8.78. The highest BCUT2D eigenvalue weighted by Crippen LogP contribution is 2.15. The normalized spacial score (nSPS) is 21.8. The lowest BCUT2D eigenvalue weighted by Crippen LogP contribution is -2.14. The van der Waals surface area contributed by atoms with E-state index >= 15 is 0 Å². The van der Waals surface area contributed by atoms with Gasteiger partial charge in [-0.05, 0) is 25.5 Å². The molecule has 1 aliphatic rings. The predicted molar refractivity (Wildman–Crippen MR) is 49.7 cm³/mol. The highest BCUT2D eigenvalue weighted by molar-refractivity contribution is 6.01. The Morgan fingerprint density at radius 2 is 2.33 bits per heavy atom. The Hall–Kier alpha value is -1.31. The highest BCUT2D eigenvalue weighted by atomic mass is 16.2. The van der Waals surface area contributed by atoms with E-state index in [-0.39, 0.29) is 5.91 Å². The van der Waals surface area contributed by atoms with Gasteiger partial charge >= 0.3 is 0 Å². The highest BCUT2D eigenvalue weighted by Gasteiger charge is 2.19. The summed E-state index contributed by atoms with van der Waals surface area (Å²) in [7, 11) is 0. The molecule has 0 radical (unpaired) electrons. The lowest BCUT2D eigenvalue weighted by atomic mass is 10.1. The third-order valence-electron chi connectivity index (χ3n) is 1.92. The van der Waals surface area contributed by atoms with Crippen molar-refractivity contribution in [1.29, 1.82) is 0 Å². The summed E-state index contributed by atoms with van der Waals surface area (Å²) in [6.45, 7) is 8.29. The zero-order valence-corrected chi connectivity index (χ0v) is 7.48. The van der Waals surface area contributed by atoms with Crippen molar-refractivity contribution in [3.63, 3.8) is 0 Å². The van der Waals surface area contributed by atoms with Crippen molar-refractivity contribution in [3.05, 3.63) is 35.5 Å². The van der Waals surface area contributed by atoms with Crippen LogP contribution in [0.3, 0.4) is 0 Å². The average Bonchev–Trinajstić information content (AvgIpc) is 2.35. The minimum Gasteiger partial charge on any atom is -0.348 e. The summed E-state index contributed by atoms with van der Waals surface area (Å²) in [6, 6.07) is 0. The third kappa shape index (κ3) is 1.64. The molecule has 1 rings (SSSR count). The lowest BCUT2D eigenvalue weighted by Gasteiger charge is -1.94. The van der Waals surface area contributed by atoms with Crippen molar-refractivity contribution in [1.82, 2.24) is 5.32 Å². The van der Waals surface area contributed by atoms with Crippen LogP contribution >= 0.6 is 0 Å². The van der Waals surface area contributed by atoms with Crippen LogP contribution in [0.4, 0.5) is 0 Å². The summed E-state index contributed by atoms with van der Waals surface area (Å²) in [5.41, 5.74) is 2.68. The van der Waals surface area contributed by atoms with E-state index in [0.717, 1.165) is 11.1 Å². The van der Waals surface area contributed by atoms with Crippen LogP contribution in [0.5, 0.6) is 0 Å². The van der Waals surface area contributed by atoms with Crippen LogP contribution < -0.4 is 5.32 Å². The molecule has 0 bridgehead atoms. The van der Waals surface area contributed by atoms with Crippen LogP contribution in [0.15, 0.2) is 35.5 Å². The molecule has 64 valence electrons. The number of rotatable bonds is 1. The Kier molecular flexibility index (Phi) is 2.48. The molecule has 0 aromatic rings. The fourth-order valence-electron chi connectivity index (χ4n) is 1.02. The van der Waals surface area contributed by atoms with Crippen LogP contribution in [-0.4, -0.2) is 12.5 Å². The van der Waals surface area contributed by atoms with Crippen LogP contribution in [0.2, 0.25) is 0 Å². The van der Waals surface area contributed by atoms with Gasteiger partial charge in [0, 0.05) is 12.1 Å². The molecular weight excluding hydrogens is 150 g/mol. The molecule has 0 spiro atoms. The number of hydrogen-bond acceptors (Lipinski definition) is 1. The van der Waals surface area contributed by atoms with Crippen molar-refractivity contribution >= 4 is 5.91 Å². The third-order valence-corrected chi connectivity index (χ3v) is 1.92. The van der Waals surface area contributed by atoms with Gasteiger partial charge in [-0.25, -0.2) is 0 Å². The first-order chi connectivity index (χ1) is 5.65. The summed E-state index contributed by atoms with van der Waals surface area (Å²) < 4.78 is 0. The van der Waals surface area contributed by atoms with Crippen molar-refractivity contribution in [2.24, 2.45) is 0 Å². The Labute approximate surface area is 72.7 Å². The second kappa shape index (κ2) is 3.39. The van der Waals surface area contributed by atoms with Gasteiger partial charge in [-0.1, -0.05) is 18.2 Å². The Balaban J connectivity index is 2.93. The van der Waals surface area contributed by atoms with Gasteiger partial charge in [0.15, 0.2) is 0 Å². The molecule has 1 N–H and O–H groups in total. The molecule has 0 atom stereocenters. The molecule has 0 aliphatic carbocycles. The van der Waals surface area contributed by atoms with Gasteiger partial charge in [-0.15, -0.1) is 0 Å². The van der Waals surface area contributed by atoms with E-state index in [1.165, 1.54) is 0 Å². The molecule has 2 heteroatoms. The van der Waals surface area contributed by atoms with E-state index in [4.69, 9.17) is 0 Å². The number of carbonyl (C=O) groups excluding carboxylic acids is 1. The van der Waals surface area contributed by atoms with Gasteiger partial charge < -0.3 is 5.32 Å². The van der Waals surface area contributed by atoms with Gasteiger partial charge in [0.25, 0.3) is 5.91 Å². The maximum Gasteiger partial charge on any atom is 0.251 e. The van der Waals surface area contributed by atoms with Gasteiger partial charge in [-0.2, -0.15) is 0 Å². The van der Waals surface area contributed by atoms with Crippen molar-refractivity contribution in [2.75, 3.05) is 6.54 Å². The zero-order chi connectivity index (χ0) is 9.14. The topological polar surface area (TPSA) is 29.1 Å². The van der Waals surface area contributed by atoms with E-state index < -0.39 is 0 Å². The minimum absolute atomic E-state index is 0.0128. The zero-order valence-electron chi connectivity index (χ0n) is 7.48. The number of allylic oxidation sites excluding steroid dienone is 3. The van der Waals surface area contributed by atoms with Gasteiger partial charge in [-0.3, -0.25) is 4.79 Å². The summed E-state index contributed by atoms with van der Waals surface area (Å²) in [6.07, 6.45) is 3.83. The average molecular weight is 163 g/mol. The molecule has 1 heterocycles. The Bertz CT molecular complexity index is 266. The standard InChI is InChI=1S/C10H13NO/c1-4-7(2)5-9-8(3)6-11-10(9)12/h4-5H,3,6H2,1-2H3,(H,11,12)/b7-4-,9-5+. The quantitative estimate of drug-likeness (QED) is 0.584. The molecule has 0 unspecified atom stereocenters. The minimum atomic E-state index is -0.0128. The lowest BCUT2D eigenvalue weighted by molar-refractivity contribution is -0.116. The number of hydrogen-bond donors (Lipinski definition) is 1. The second-order valence-corrected chi connectivity index (χ2v) is 2.88. The summed E-state index contributed by atoms with van der Waals surface area (Å²) in [5, 5.41) is 2.71. The van der Waals surface area contributed by atoms with Gasteiger partial charge in [0.05, 0.1) is 0 Å². The van der Waals surface area contributed by atoms with E-state index in [0.29, 0.717) is 12.1 Å². The maximum absolute atomic E-state index is 11.2. The summed E-state index contributed by atoms with van der Waals surface area (Å²) in [5.74, 6) is -0.0128. The molecule has 1 aliphatic heterocycles. The molecule has 1 amide bonds. The smallest absolute Gasteiger partial charge is 0.251 e. The monoisotopic (exact) mass is 163 g/mol. The van der Waals surface area contributed by atoms with Crippen LogP contribution in [0, 0.1) is 0 Å². The van der Waals surface area contributed by atoms with E-state index in [2.05, 4.69) is 11.9 Å². The van der Waals surface area contributed by atoms with Crippen LogP contribution in [0.1, 0.15) is 13.8 Å². The molecule has 0 aromatic heterocycles. The SMILES string of the molecule is C=C1CNC(=O)/C1=C/C(C)=C\C. The number of amides is 1. The van der Waals surface area contributed by atoms with E-state index in [1.54, 1.807) is 0 Å². The molecule has 12 heavy (non-hydrogen) atoms. The van der Waals surface area contributed by atoms with Crippen molar-refractivity contribution in [2.45, 2.75) is 13.8 Å². The predicted octanol–water partition coefficient (Wildman–Crippen LogP) is 1.56. The number of nitrogens with one attached hydrogen (secondary N) is 1. The fourth-order valence-corrected chi connectivity index (χ4v) is 1.02. The van der Waals surface area contributed by atoms with E-state index in [1.807, 2.05) is 26.0 Å². The van der Waals surface area contributed by atoms with Gasteiger partial charge in [0.2, 0.25) is 0 Å². The maximum atomic E-state index is 11.2. The van der Waals surface area contributed by atoms with Crippen LogP contribution in [-0.2, 0) is 4.79 Å². The van der Waals surface area contributed by atoms with Crippen LogP contribution in [0.25, 0.3) is 0 Å². The van der Waals surface area contributed by atoms with Crippen molar-refractivity contribution < 1.29 is 4.79 Å². The molecule has 2 nitrogen and oxygen atoms in total. The molecule has 1 fully saturated rings. The summed E-state index contributed by atoms with van der Waals surface area (Å²) in [4.78, 5) is 11.2. The fraction of sp³-hybridized carbons (Fsp3) is 0.300.